The molecule has 2 spiro atoms. The van der Waals surface area contributed by atoms with Crippen molar-refractivity contribution < 1.29 is 28.8 Å². The Balaban J connectivity index is 0.938. The van der Waals surface area contributed by atoms with E-state index in [2.05, 4.69) is 44.4 Å². The van der Waals surface area contributed by atoms with Crippen molar-refractivity contribution in [1.29, 1.82) is 0 Å². The highest BCUT2D eigenvalue weighted by Crippen LogP contribution is 2.87. The summed E-state index contributed by atoms with van der Waals surface area (Å²) in [5.41, 5.74) is 0.302. The van der Waals surface area contributed by atoms with Crippen LogP contribution >= 0.6 is 0 Å². The molecule has 8 rings (SSSR count). The number of hydrogen-bond donors (Lipinski definition) is 1. The van der Waals surface area contributed by atoms with E-state index in [0.29, 0.717) is 40.2 Å². The first-order valence-electron chi connectivity index (χ1n) is 19.9. The van der Waals surface area contributed by atoms with Crippen LogP contribution in [0.3, 0.4) is 0 Å². The maximum absolute atomic E-state index is 12.0. The van der Waals surface area contributed by atoms with Crippen LogP contribution in [0.4, 0.5) is 0 Å². The zero-order valence-corrected chi connectivity index (χ0v) is 31.3. The molecule has 8 fully saturated rings. The lowest BCUT2D eigenvalue weighted by Gasteiger charge is -2.60. The van der Waals surface area contributed by atoms with E-state index in [1.165, 1.54) is 58.5 Å². The van der Waals surface area contributed by atoms with Gasteiger partial charge in [0.05, 0.1) is 30.5 Å². The lowest BCUT2D eigenvalue weighted by atomic mass is 9.46. The molecule has 0 aromatic rings. The highest BCUT2D eigenvalue weighted by molar-refractivity contribution is 5.66. The van der Waals surface area contributed by atoms with Crippen LogP contribution < -0.4 is 0 Å². The molecule has 12 atom stereocenters. The summed E-state index contributed by atoms with van der Waals surface area (Å²) in [5.74, 6) is 2.42. The minimum atomic E-state index is -1.13. The van der Waals surface area contributed by atoms with Gasteiger partial charge in [0.25, 0.3) is 0 Å². The van der Waals surface area contributed by atoms with Crippen molar-refractivity contribution in [3.05, 3.63) is 0 Å². The maximum atomic E-state index is 12.0. The zero-order valence-electron chi connectivity index (χ0n) is 31.3. The van der Waals surface area contributed by atoms with E-state index in [1.807, 2.05) is 0 Å². The molecule has 3 saturated heterocycles. The van der Waals surface area contributed by atoms with Crippen LogP contribution in [-0.2, 0) is 23.7 Å². The van der Waals surface area contributed by atoms with Crippen LogP contribution in [0, 0.1) is 45.3 Å². The predicted molar refractivity (Wildman–Crippen MR) is 184 cm³/mol. The Morgan fingerprint density at radius 3 is 2.40 bits per heavy atom. The number of likely N-dealkylation sites (tertiary alicyclic amines) is 1. The van der Waals surface area contributed by atoms with Gasteiger partial charge in [-0.3, -0.25) is 14.6 Å². The largest absolute Gasteiger partial charge is 0.457 e. The lowest BCUT2D eigenvalue weighted by molar-refractivity contribution is -0.250. The number of rotatable bonds is 7. The number of carbonyl (C=O) groups is 1. The number of carbonyl (C=O) groups excluding carboxylic acids is 1. The SMILES string of the molecule is CC(=O)OC(C1CCC2C(CC3C4CCC5C(C)(C)C(OC6CN(C7CN(C(C)C)C7)CCO6)CCC56CC46CCC23C)O1)C(C)(C)O. The fourth-order valence-corrected chi connectivity index (χ4v) is 13.9. The first-order chi connectivity index (χ1) is 22.6. The van der Waals surface area contributed by atoms with Crippen LogP contribution in [0.1, 0.15) is 120 Å². The van der Waals surface area contributed by atoms with Gasteiger partial charge in [-0.15, -0.1) is 0 Å². The van der Waals surface area contributed by atoms with Gasteiger partial charge in [-0.25, -0.2) is 0 Å². The van der Waals surface area contributed by atoms with Crippen LogP contribution in [0.25, 0.3) is 0 Å². The Hall–Kier alpha value is -0.770. The lowest BCUT2D eigenvalue weighted by Crippen LogP contribution is -2.64. The molecule has 0 radical (unpaired) electrons. The number of nitrogens with zero attached hydrogens (tertiary/aromatic N) is 2. The summed E-state index contributed by atoms with van der Waals surface area (Å²) in [6, 6.07) is 1.28. The highest BCUT2D eigenvalue weighted by atomic mass is 16.7. The molecule has 8 heteroatoms. The van der Waals surface area contributed by atoms with Crippen molar-refractivity contribution in [3.8, 4) is 0 Å². The van der Waals surface area contributed by atoms with Gasteiger partial charge in [-0.1, -0.05) is 20.8 Å². The van der Waals surface area contributed by atoms with E-state index in [9.17, 15) is 9.90 Å². The summed E-state index contributed by atoms with van der Waals surface area (Å²) in [5, 5.41) is 10.9. The maximum Gasteiger partial charge on any atom is 0.303 e. The van der Waals surface area contributed by atoms with E-state index >= 15 is 0 Å². The van der Waals surface area contributed by atoms with Crippen LogP contribution in [0.15, 0.2) is 0 Å². The topological polar surface area (TPSA) is 80.7 Å². The average molecular weight is 671 g/mol. The van der Waals surface area contributed by atoms with E-state index in [4.69, 9.17) is 18.9 Å². The first kappa shape index (κ1) is 34.3. The minimum Gasteiger partial charge on any atom is -0.457 e. The second-order valence-electron chi connectivity index (χ2n) is 19.6. The van der Waals surface area contributed by atoms with E-state index < -0.39 is 11.7 Å². The Morgan fingerprint density at radius 2 is 1.69 bits per heavy atom. The van der Waals surface area contributed by atoms with Gasteiger partial charge >= 0.3 is 5.97 Å². The van der Waals surface area contributed by atoms with Gasteiger partial charge < -0.3 is 24.1 Å². The third-order valence-electron chi connectivity index (χ3n) is 16.4. The Bertz CT molecular complexity index is 1240. The summed E-state index contributed by atoms with van der Waals surface area (Å²) < 4.78 is 25.9. The van der Waals surface area contributed by atoms with Gasteiger partial charge in [-0.2, -0.15) is 0 Å². The third-order valence-corrected chi connectivity index (χ3v) is 16.4. The third kappa shape index (κ3) is 5.14. The molecule has 5 aliphatic carbocycles. The molecule has 8 aliphatic rings. The van der Waals surface area contributed by atoms with Crippen molar-refractivity contribution in [3.63, 3.8) is 0 Å². The molecule has 12 unspecified atom stereocenters. The number of hydrogen-bond acceptors (Lipinski definition) is 8. The Morgan fingerprint density at radius 1 is 0.938 bits per heavy atom. The summed E-state index contributed by atoms with van der Waals surface area (Å²) in [7, 11) is 0. The predicted octanol–water partition coefficient (Wildman–Crippen LogP) is 6.03. The quantitative estimate of drug-likeness (QED) is 0.329. The van der Waals surface area contributed by atoms with E-state index in [0.717, 1.165) is 57.2 Å². The summed E-state index contributed by atoms with van der Waals surface area (Å²) in [6.07, 6.45) is 11.8. The fourth-order valence-electron chi connectivity index (χ4n) is 13.9. The molecule has 5 saturated carbocycles. The molecule has 3 aliphatic heterocycles. The fraction of sp³-hybridized carbons (Fsp3) is 0.975. The molecule has 0 bridgehead atoms. The molecular weight excluding hydrogens is 604 g/mol. The molecule has 3 heterocycles. The standard InChI is InChI=1S/C40H66N2O6/c1-24(2)42-20-26(21-42)41-17-18-45-34(22-41)48-33-13-14-40-23-39(40)16-15-38(8)28-9-11-30(35(37(6,7)44)46-25(3)43)47-31(28)19-29(38)27(39)10-12-32(40)36(33,4)5/h24,26-35,44H,9-23H2,1-8H3. The summed E-state index contributed by atoms with van der Waals surface area (Å²) in [6.45, 7) is 22.3. The Kier molecular flexibility index (Phi) is 8.31. The minimum absolute atomic E-state index is 0.104. The molecule has 0 aromatic heterocycles. The van der Waals surface area contributed by atoms with E-state index in [1.54, 1.807) is 13.8 Å². The number of aliphatic hydroxyl groups is 1. The van der Waals surface area contributed by atoms with Crippen LogP contribution in [0.5, 0.6) is 0 Å². The smallest absolute Gasteiger partial charge is 0.303 e. The van der Waals surface area contributed by atoms with Gasteiger partial charge in [0.15, 0.2) is 12.4 Å². The molecule has 0 amide bonds. The molecule has 8 nitrogen and oxygen atoms in total. The normalized spacial score (nSPS) is 48.0. The summed E-state index contributed by atoms with van der Waals surface area (Å²) in [4.78, 5) is 17.2. The van der Waals surface area contributed by atoms with Crippen LogP contribution in [-0.4, -0.2) is 102 Å². The monoisotopic (exact) mass is 670 g/mol. The van der Waals surface area contributed by atoms with Crippen molar-refractivity contribution in [2.45, 2.75) is 168 Å². The van der Waals surface area contributed by atoms with Crippen molar-refractivity contribution in [1.82, 2.24) is 9.80 Å². The van der Waals surface area contributed by atoms with Crippen LogP contribution in [0.2, 0.25) is 0 Å². The molecule has 0 aromatic carbocycles. The van der Waals surface area contributed by atoms with Gasteiger partial charge in [0.1, 0.15) is 0 Å². The van der Waals surface area contributed by atoms with Gasteiger partial charge in [-0.05, 0) is 137 Å². The van der Waals surface area contributed by atoms with Gasteiger partial charge in [0.2, 0.25) is 0 Å². The number of fused-ring (bicyclic) bond motifs is 4. The van der Waals surface area contributed by atoms with Crippen molar-refractivity contribution in [2.24, 2.45) is 45.3 Å². The molecule has 272 valence electrons. The first-order valence-corrected chi connectivity index (χ1v) is 19.9. The average Bonchev–Trinajstić information content (AvgIpc) is 3.56. The number of ether oxygens (including phenoxy) is 4. The van der Waals surface area contributed by atoms with Crippen molar-refractivity contribution >= 4 is 5.97 Å². The molecule has 48 heavy (non-hydrogen) atoms. The summed E-state index contributed by atoms with van der Waals surface area (Å²) >= 11 is 0. The Labute approximate surface area is 290 Å². The second kappa shape index (κ2) is 11.6. The second-order valence-corrected chi connectivity index (χ2v) is 19.6. The number of esters is 1. The molecular formula is C40H66N2O6. The van der Waals surface area contributed by atoms with Crippen molar-refractivity contribution in [2.75, 3.05) is 32.8 Å². The molecule has 1 N–H and O–H groups in total. The zero-order chi connectivity index (χ0) is 34.0. The number of morpholine rings is 1. The van der Waals surface area contributed by atoms with E-state index in [-0.39, 0.29) is 36.0 Å². The highest BCUT2D eigenvalue weighted by Gasteiger charge is 2.80. The van der Waals surface area contributed by atoms with Gasteiger partial charge in [0, 0.05) is 45.2 Å².